The predicted octanol–water partition coefficient (Wildman–Crippen LogP) is 9.99. The van der Waals surface area contributed by atoms with Crippen molar-refractivity contribution in [3.05, 3.63) is 139 Å². The van der Waals surface area contributed by atoms with Crippen LogP contribution in [0.5, 0.6) is 0 Å². The summed E-state index contributed by atoms with van der Waals surface area (Å²) in [5.41, 5.74) is 9.81. The summed E-state index contributed by atoms with van der Waals surface area (Å²) in [6, 6.07) is 48.8. The van der Waals surface area contributed by atoms with E-state index in [0.717, 1.165) is 43.6 Å². The van der Waals surface area contributed by atoms with Crippen molar-refractivity contribution in [3.63, 3.8) is 0 Å². The molecular formula is C36H22N2S. The number of thiazole rings is 1. The Balaban J connectivity index is 1.37. The average Bonchev–Trinajstić information content (AvgIpc) is 3.45. The Morgan fingerprint density at radius 1 is 0.487 bits per heavy atom. The molecule has 0 aliphatic heterocycles. The molecule has 0 fully saturated rings. The number of para-hydroxylation sites is 1. The van der Waals surface area contributed by atoms with Gasteiger partial charge in [-0.15, -0.1) is 11.3 Å². The van der Waals surface area contributed by atoms with Gasteiger partial charge in [0.2, 0.25) is 0 Å². The number of nitrogens with zero attached hydrogens (tertiary/aromatic N) is 2. The highest BCUT2D eigenvalue weighted by Crippen LogP contribution is 2.37. The molecule has 0 aliphatic rings. The van der Waals surface area contributed by atoms with Gasteiger partial charge in [0.15, 0.2) is 0 Å². The second-order valence-electron chi connectivity index (χ2n) is 9.62. The summed E-state index contributed by atoms with van der Waals surface area (Å²) in [5.74, 6) is 0. The number of fused-ring (bicyclic) bond motifs is 2. The lowest BCUT2D eigenvalue weighted by Gasteiger charge is -2.11. The first-order valence-electron chi connectivity index (χ1n) is 12.8. The third kappa shape index (κ3) is 4.48. The number of benzene rings is 6. The largest absolute Gasteiger partial charge is 0.236 e. The maximum absolute atomic E-state index is 9.29. The topological polar surface area (TPSA) is 36.7 Å². The first kappa shape index (κ1) is 23.1. The van der Waals surface area contributed by atoms with Gasteiger partial charge in [-0.2, -0.15) is 5.26 Å². The fourth-order valence-electron chi connectivity index (χ4n) is 5.06. The zero-order chi connectivity index (χ0) is 26.2. The molecule has 7 rings (SSSR count). The SMILES string of the molecule is N#Cc1ccc2cc(-c3cc(-c4ccc(-c5ccccc5)cc4)cc(-c4nc5ccccc5s4)c3)ccc2c1. The fraction of sp³-hybridized carbons (Fsp3) is 0. The van der Waals surface area contributed by atoms with Crippen LogP contribution in [-0.4, -0.2) is 4.98 Å². The number of aromatic nitrogens is 1. The summed E-state index contributed by atoms with van der Waals surface area (Å²) in [6.07, 6.45) is 0. The van der Waals surface area contributed by atoms with Crippen molar-refractivity contribution in [2.75, 3.05) is 0 Å². The summed E-state index contributed by atoms with van der Waals surface area (Å²) in [4.78, 5) is 4.96. The van der Waals surface area contributed by atoms with E-state index >= 15 is 0 Å². The molecule has 3 heteroatoms. The standard InChI is InChI=1S/C36H22N2S/c37-23-24-10-11-29-19-30(17-16-28(29)18-24)32-20-31(27-14-12-26(13-15-27)25-6-2-1-3-7-25)21-33(22-32)36-38-34-8-4-5-9-35(34)39-36/h1-22H. The lowest BCUT2D eigenvalue weighted by atomic mass is 9.94. The van der Waals surface area contributed by atoms with Crippen molar-refractivity contribution < 1.29 is 0 Å². The van der Waals surface area contributed by atoms with E-state index in [2.05, 4.69) is 109 Å². The van der Waals surface area contributed by atoms with Crippen LogP contribution >= 0.6 is 11.3 Å². The molecule has 0 N–H and O–H groups in total. The molecule has 1 aromatic heterocycles. The Morgan fingerprint density at radius 2 is 1.08 bits per heavy atom. The number of rotatable bonds is 4. The first-order valence-corrected chi connectivity index (χ1v) is 13.7. The Kier molecular flexibility index (Phi) is 5.74. The first-order chi connectivity index (χ1) is 19.2. The molecule has 0 saturated heterocycles. The lowest BCUT2D eigenvalue weighted by Crippen LogP contribution is -1.87. The van der Waals surface area contributed by atoms with Gasteiger partial charge in [-0.05, 0) is 92.7 Å². The summed E-state index contributed by atoms with van der Waals surface area (Å²) in [7, 11) is 0. The molecule has 6 aromatic carbocycles. The molecule has 0 saturated carbocycles. The molecule has 182 valence electrons. The van der Waals surface area contributed by atoms with Gasteiger partial charge in [0, 0.05) is 5.56 Å². The van der Waals surface area contributed by atoms with Crippen LogP contribution in [-0.2, 0) is 0 Å². The van der Waals surface area contributed by atoms with Crippen molar-refractivity contribution in [2.45, 2.75) is 0 Å². The Labute approximate surface area is 231 Å². The molecule has 1 heterocycles. The van der Waals surface area contributed by atoms with Crippen LogP contribution in [0.4, 0.5) is 0 Å². The van der Waals surface area contributed by atoms with E-state index in [9.17, 15) is 5.26 Å². The third-order valence-corrected chi connectivity index (χ3v) is 8.19. The molecule has 7 aromatic rings. The minimum atomic E-state index is 0.675. The molecule has 39 heavy (non-hydrogen) atoms. The quantitative estimate of drug-likeness (QED) is 0.234. The molecule has 0 atom stereocenters. The van der Waals surface area contributed by atoms with E-state index in [-0.39, 0.29) is 0 Å². The Bertz CT molecular complexity index is 1980. The summed E-state index contributed by atoms with van der Waals surface area (Å²) < 4.78 is 1.19. The lowest BCUT2D eigenvalue weighted by molar-refractivity contribution is 1.47. The van der Waals surface area contributed by atoms with E-state index in [1.165, 1.54) is 21.4 Å². The maximum atomic E-state index is 9.29. The molecule has 0 spiro atoms. The van der Waals surface area contributed by atoms with E-state index in [4.69, 9.17) is 4.98 Å². The van der Waals surface area contributed by atoms with Crippen LogP contribution in [0.25, 0.3) is 64.9 Å². The number of nitriles is 1. The second-order valence-corrected chi connectivity index (χ2v) is 10.6. The number of hydrogen-bond donors (Lipinski definition) is 0. The van der Waals surface area contributed by atoms with E-state index in [1.54, 1.807) is 11.3 Å². The highest BCUT2D eigenvalue weighted by molar-refractivity contribution is 7.21. The molecule has 0 amide bonds. The minimum Gasteiger partial charge on any atom is -0.236 e. The third-order valence-electron chi connectivity index (χ3n) is 7.10. The van der Waals surface area contributed by atoms with Crippen LogP contribution in [0, 0.1) is 11.3 Å². The summed E-state index contributed by atoms with van der Waals surface area (Å²) in [5, 5.41) is 12.5. The van der Waals surface area contributed by atoms with Gasteiger partial charge in [-0.25, -0.2) is 4.98 Å². The van der Waals surface area contributed by atoms with Crippen LogP contribution < -0.4 is 0 Å². The zero-order valence-electron chi connectivity index (χ0n) is 21.0. The molecule has 0 unspecified atom stereocenters. The van der Waals surface area contributed by atoms with Crippen molar-refractivity contribution in [1.29, 1.82) is 5.26 Å². The molecule has 2 nitrogen and oxygen atoms in total. The maximum Gasteiger partial charge on any atom is 0.124 e. The smallest absolute Gasteiger partial charge is 0.124 e. The van der Waals surface area contributed by atoms with Crippen LogP contribution in [0.15, 0.2) is 133 Å². The average molecular weight is 515 g/mol. The second kappa shape index (κ2) is 9.68. The van der Waals surface area contributed by atoms with Gasteiger partial charge in [0.25, 0.3) is 0 Å². The normalized spacial score (nSPS) is 11.1. The van der Waals surface area contributed by atoms with Crippen molar-refractivity contribution in [3.8, 4) is 50.0 Å². The highest BCUT2D eigenvalue weighted by atomic mass is 32.1. The molecule has 0 bridgehead atoms. The predicted molar refractivity (Wildman–Crippen MR) is 164 cm³/mol. The summed E-state index contributed by atoms with van der Waals surface area (Å²) >= 11 is 1.72. The van der Waals surface area contributed by atoms with Crippen molar-refractivity contribution in [1.82, 2.24) is 4.98 Å². The minimum absolute atomic E-state index is 0.675. The van der Waals surface area contributed by atoms with Gasteiger partial charge in [0.05, 0.1) is 21.8 Å². The molecule has 0 aliphatic carbocycles. The van der Waals surface area contributed by atoms with Gasteiger partial charge in [-0.3, -0.25) is 0 Å². The van der Waals surface area contributed by atoms with Crippen LogP contribution in [0.3, 0.4) is 0 Å². The van der Waals surface area contributed by atoms with E-state index < -0.39 is 0 Å². The highest BCUT2D eigenvalue weighted by Gasteiger charge is 2.12. The van der Waals surface area contributed by atoms with Crippen LogP contribution in [0.1, 0.15) is 5.56 Å². The zero-order valence-corrected chi connectivity index (χ0v) is 21.8. The van der Waals surface area contributed by atoms with Gasteiger partial charge < -0.3 is 0 Å². The van der Waals surface area contributed by atoms with Gasteiger partial charge in [-0.1, -0.05) is 84.9 Å². The van der Waals surface area contributed by atoms with Crippen molar-refractivity contribution >= 4 is 32.3 Å². The Morgan fingerprint density at radius 3 is 1.85 bits per heavy atom. The van der Waals surface area contributed by atoms with Crippen molar-refractivity contribution in [2.24, 2.45) is 0 Å². The van der Waals surface area contributed by atoms with Gasteiger partial charge in [0.1, 0.15) is 5.01 Å². The monoisotopic (exact) mass is 514 g/mol. The van der Waals surface area contributed by atoms with E-state index in [0.29, 0.717) is 5.56 Å². The Hall–Kier alpha value is -5.04. The van der Waals surface area contributed by atoms with Crippen LogP contribution in [0.2, 0.25) is 0 Å². The van der Waals surface area contributed by atoms with E-state index in [1.807, 2.05) is 30.3 Å². The van der Waals surface area contributed by atoms with Gasteiger partial charge >= 0.3 is 0 Å². The molecule has 0 radical (unpaired) electrons. The number of hydrogen-bond acceptors (Lipinski definition) is 3. The molecular weight excluding hydrogens is 492 g/mol. The fourth-order valence-corrected chi connectivity index (χ4v) is 6.01. The summed E-state index contributed by atoms with van der Waals surface area (Å²) in [6.45, 7) is 0.